The number of hydrogen-bond acceptors (Lipinski definition) is 3. The second-order valence-electron chi connectivity index (χ2n) is 4.43. The van der Waals surface area contributed by atoms with Gasteiger partial charge in [-0.25, -0.2) is 0 Å². The fourth-order valence-electron chi connectivity index (χ4n) is 1.77. The zero-order valence-electron chi connectivity index (χ0n) is 10.4. The summed E-state index contributed by atoms with van der Waals surface area (Å²) in [6, 6.07) is 4.27. The van der Waals surface area contributed by atoms with E-state index >= 15 is 0 Å². The van der Waals surface area contributed by atoms with Gasteiger partial charge in [-0.1, -0.05) is 20.8 Å². The number of hydrogen-bond donors (Lipinski definition) is 2. The smallest absolute Gasteiger partial charge is 0.0697 e. The molecular formula is C13H23NOS. The van der Waals surface area contributed by atoms with Crippen molar-refractivity contribution in [3.8, 4) is 0 Å². The Kier molecular flexibility index (Phi) is 5.46. The zero-order chi connectivity index (χ0) is 12.1. The SMILES string of the molecule is CCc1ccc(C(C)CC(O)C(N)CC)s1. The molecule has 0 aromatic carbocycles. The molecule has 0 spiro atoms. The van der Waals surface area contributed by atoms with Crippen molar-refractivity contribution in [2.24, 2.45) is 5.73 Å². The molecule has 0 saturated carbocycles. The van der Waals surface area contributed by atoms with Crippen molar-refractivity contribution in [2.45, 2.75) is 58.1 Å². The summed E-state index contributed by atoms with van der Waals surface area (Å²) in [6.07, 6.45) is 2.30. The lowest BCUT2D eigenvalue weighted by Gasteiger charge is -2.20. The van der Waals surface area contributed by atoms with Gasteiger partial charge in [0, 0.05) is 15.8 Å². The van der Waals surface area contributed by atoms with Crippen LogP contribution in [-0.4, -0.2) is 17.3 Å². The molecule has 1 heterocycles. The molecule has 3 heteroatoms. The molecule has 1 rings (SSSR count). The average molecular weight is 241 g/mol. The molecule has 0 aliphatic carbocycles. The van der Waals surface area contributed by atoms with E-state index in [2.05, 4.69) is 26.0 Å². The standard InChI is InChI=1S/C13H23NOS/c1-4-10-6-7-13(16-10)9(3)8-12(15)11(14)5-2/h6-7,9,11-12,15H,4-5,8,14H2,1-3H3. The molecule has 1 aromatic rings. The van der Waals surface area contributed by atoms with Crippen LogP contribution in [0, 0.1) is 0 Å². The minimum absolute atomic E-state index is 0.0898. The summed E-state index contributed by atoms with van der Waals surface area (Å²) >= 11 is 1.85. The Labute approximate surface area is 102 Å². The molecule has 0 radical (unpaired) electrons. The van der Waals surface area contributed by atoms with Crippen molar-refractivity contribution in [1.82, 2.24) is 0 Å². The second kappa shape index (κ2) is 6.38. The Balaban J connectivity index is 2.54. The Hall–Kier alpha value is -0.380. The largest absolute Gasteiger partial charge is 0.391 e. The number of aliphatic hydroxyl groups excluding tert-OH is 1. The van der Waals surface area contributed by atoms with Crippen LogP contribution in [0.1, 0.15) is 49.3 Å². The molecule has 0 aliphatic rings. The molecule has 3 N–H and O–H groups in total. The van der Waals surface area contributed by atoms with E-state index in [1.807, 2.05) is 18.3 Å². The quantitative estimate of drug-likeness (QED) is 0.804. The van der Waals surface area contributed by atoms with Crippen LogP contribution in [0.25, 0.3) is 0 Å². The highest BCUT2D eigenvalue weighted by Crippen LogP contribution is 2.28. The van der Waals surface area contributed by atoms with Gasteiger partial charge in [-0.15, -0.1) is 11.3 Å². The van der Waals surface area contributed by atoms with Crippen molar-refractivity contribution in [3.63, 3.8) is 0 Å². The third kappa shape index (κ3) is 3.58. The lowest BCUT2D eigenvalue weighted by molar-refractivity contribution is 0.127. The van der Waals surface area contributed by atoms with Gasteiger partial charge in [-0.3, -0.25) is 0 Å². The zero-order valence-corrected chi connectivity index (χ0v) is 11.3. The van der Waals surface area contributed by atoms with Crippen molar-refractivity contribution >= 4 is 11.3 Å². The molecule has 0 fully saturated rings. The fourth-order valence-corrected chi connectivity index (χ4v) is 2.79. The van der Waals surface area contributed by atoms with E-state index in [4.69, 9.17) is 5.73 Å². The third-order valence-corrected chi connectivity index (χ3v) is 4.54. The molecule has 0 bridgehead atoms. The minimum Gasteiger partial charge on any atom is -0.391 e. The maximum Gasteiger partial charge on any atom is 0.0697 e. The third-order valence-electron chi connectivity index (χ3n) is 3.08. The molecule has 0 aliphatic heterocycles. The van der Waals surface area contributed by atoms with Crippen molar-refractivity contribution in [1.29, 1.82) is 0 Å². The van der Waals surface area contributed by atoms with E-state index in [1.54, 1.807) is 0 Å². The fraction of sp³-hybridized carbons (Fsp3) is 0.692. The number of aryl methyl sites for hydroxylation is 1. The maximum absolute atomic E-state index is 9.89. The predicted octanol–water partition coefficient (Wildman–Crippen LogP) is 2.90. The van der Waals surface area contributed by atoms with Crippen LogP contribution in [0.3, 0.4) is 0 Å². The highest BCUT2D eigenvalue weighted by Gasteiger charge is 2.18. The Morgan fingerprint density at radius 1 is 1.38 bits per heavy atom. The van der Waals surface area contributed by atoms with Crippen molar-refractivity contribution < 1.29 is 5.11 Å². The number of rotatable bonds is 6. The van der Waals surface area contributed by atoms with Gasteiger partial charge in [-0.05, 0) is 37.3 Å². The topological polar surface area (TPSA) is 46.2 Å². The first-order valence-corrected chi connectivity index (χ1v) is 6.92. The van der Waals surface area contributed by atoms with E-state index < -0.39 is 0 Å². The monoisotopic (exact) mass is 241 g/mol. The van der Waals surface area contributed by atoms with Gasteiger partial charge in [0.25, 0.3) is 0 Å². The molecule has 1 aromatic heterocycles. The van der Waals surface area contributed by atoms with E-state index in [0.29, 0.717) is 5.92 Å². The number of aliphatic hydroxyl groups is 1. The molecule has 92 valence electrons. The summed E-state index contributed by atoms with van der Waals surface area (Å²) in [5, 5.41) is 9.89. The Bertz CT molecular complexity index is 311. The summed E-state index contributed by atoms with van der Waals surface area (Å²) in [6.45, 7) is 6.35. The minimum atomic E-state index is -0.382. The Morgan fingerprint density at radius 3 is 2.56 bits per heavy atom. The van der Waals surface area contributed by atoms with Crippen LogP contribution in [0.4, 0.5) is 0 Å². The summed E-state index contributed by atoms with van der Waals surface area (Å²) in [5.41, 5.74) is 5.83. The summed E-state index contributed by atoms with van der Waals surface area (Å²) in [5.74, 6) is 0.401. The lowest BCUT2D eigenvalue weighted by atomic mass is 9.97. The normalized spacial score (nSPS) is 17.1. The van der Waals surface area contributed by atoms with Crippen LogP contribution >= 0.6 is 11.3 Å². The highest BCUT2D eigenvalue weighted by atomic mass is 32.1. The molecule has 2 nitrogen and oxygen atoms in total. The first-order valence-electron chi connectivity index (χ1n) is 6.10. The molecule has 3 atom stereocenters. The van der Waals surface area contributed by atoms with Crippen LogP contribution in [0.2, 0.25) is 0 Å². The van der Waals surface area contributed by atoms with E-state index in [0.717, 1.165) is 19.3 Å². The van der Waals surface area contributed by atoms with Gasteiger partial charge < -0.3 is 10.8 Å². The van der Waals surface area contributed by atoms with E-state index in [-0.39, 0.29) is 12.1 Å². The predicted molar refractivity (Wildman–Crippen MR) is 71.0 cm³/mol. The van der Waals surface area contributed by atoms with E-state index in [9.17, 15) is 5.11 Å². The molecule has 3 unspecified atom stereocenters. The molecule has 0 amide bonds. The van der Waals surface area contributed by atoms with E-state index in [1.165, 1.54) is 9.75 Å². The van der Waals surface area contributed by atoms with Gasteiger partial charge in [0.05, 0.1) is 6.10 Å². The summed E-state index contributed by atoms with van der Waals surface area (Å²) < 4.78 is 0. The van der Waals surface area contributed by atoms with Gasteiger partial charge in [0.2, 0.25) is 0 Å². The van der Waals surface area contributed by atoms with Crippen molar-refractivity contribution in [2.75, 3.05) is 0 Å². The number of nitrogens with two attached hydrogens (primary N) is 1. The molecule has 16 heavy (non-hydrogen) atoms. The number of thiophene rings is 1. The highest BCUT2D eigenvalue weighted by molar-refractivity contribution is 7.12. The lowest BCUT2D eigenvalue weighted by Crippen LogP contribution is -2.34. The van der Waals surface area contributed by atoms with Crippen LogP contribution < -0.4 is 5.73 Å². The Morgan fingerprint density at radius 2 is 2.06 bits per heavy atom. The van der Waals surface area contributed by atoms with Gasteiger partial charge in [0.1, 0.15) is 0 Å². The van der Waals surface area contributed by atoms with Crippen LogP contribution in [0.15, 0.2) is 12.1 Å². The summed E-state index contributed by atoms with van der Waals surface area (Å²) in [7, 11) is 0. The molecular weight excluding hydrogens is 218 g/mol. The van der Waals surface area contributed by atoms with Gasteiger partial charge in [0.15, 0.2) is 0 Å². The first kappa shape index (κ1) is 13.7. The van der Waals surface area contributed by atoms with Crippen LogP contribution in [-0.2, 0) is 6.42 Å². The van der Waals surface area contributed by atoms with Gasteiger partial charge >= 0.3 is 0 Å². The first-order chi connectivity index (χ1) is 7.58. The second-order valence-corrected chi connectivity index (χ2v) is 5.63. The van der Waals surface area contributed by atoms with Crippen molar-refractivity contribution in [3.05, 3.63) is 21.9 Å². The van der Waals surface area contributed by atoms with Crippen LogP contribution in [0.5, 0.6) is 0 Å². The molecule has 0 saturated heterocycles. The maximum atomic E-state index is 9.89. The summed E-state index contributed by atoms with van der Waals surface area (Å²) in [4.78, 5) is 2.77. The van der Waals surface area contributed by atoms with Gasteiger partial charge in [-0.2, -0.15) is 0 Å². The average Bonchev–Trinajstić information content (AvgIpc) is 2.76.